The summed E-state index contributed by atoms with van der Waals surface area (Å²) < 4.78 is 5.13. The van der Waals surface area contributed by atoms with Crippen molar-refractivity contribution in [2.24, 2.45) is 0 Å². The predicted molar refractivity (Wildman–Crippen MR) is 74.9 cm³/mol. The van der Waals surface area contributed by atoms with E-state index < -0.39 is 5.60 Å². The Morgan fingerprint density at radius 1 is 1.22 bits per heavy atom. The molecule has 1 amide bonds. The maximum atomic E-state index is 11.4. The topological polar surface area (TPSA) is 101 Å². The molecule has 18 heavy (non-hydrogen) atoms. The van der Waals surface area contributed by atoms with Crippen molar-refractivity contribution in [1.82, 2.24) is 5.32 Å². The largest absolute Gasteiger partial charge is 0.444 e. The van der Waals surface area contributed by atoms with Crippen LogP contribution in [0.5, 0.6) is 0 Å². The van der Waals surface area contributed by atoms with Crippen LogP contribution in [0, 0.1) is 0 Å². The van der Waals surface area contributed by atoms with Crippen molar-refractivity contribution in [2.45, 2.75) is 32.9 Å². The lowest BCUT2D eigenvalue weighted by atomic mass is 9.95. The number of alkyl carbamates (subject to hydrolysis) is 1. The number of benzene rings is 1. The second-order valence-corrected chi connectivity index (χ2v) is 4.84. The van der Waals surface area contributed by atoms with Crippen molar-refractivity contribution < 1.29 is 20.5 Å². The van der Waals surface area contributed by atoms with E-state index in [2.05, 4.69) is 5.32 Å². The maximum absolute atomic E-state index is 11.4. The number of amides is 1. The lowest BCUT2D eigenvalue weighted by Gasteiger charge is -2.19. The Bertz CT molecular complexity index is 359. The Hall–Kier alpha value is -1.53. The van der Waals surface area contributed by atoms with Crippen LogP contribution in [0.25, 0.3) is 0 Å². The highest BCUT2D eigenvalue weighted by Crippen LogP contribution is 2.06. The number of carbonyl (C=O) groups is 1. The zero-order valence-electron chi connectivity index (χ0n) is 11.3. The average Bonchev–Trinajstić information content (AvgIpc) is 2.14. The first-order chi connectivity index (χ1) is 7.37. The van der Waals surface area contributed by atoms with Gasteiger partial charge in [-0.25, -0.2) is 4.79 Å². The molecular formula is C12H22BNO4. The van der Waals surface area contributed by atoms with Gasteiger partial charge in [0.25, 0.3) is 0 Å². The van der Waals surface area contributed by atoms with Crippen LogP contribution < -0.4 is 10.8 Å². The van der Waals surface area contributed by atoms with Gasteiger partial charge in [-0.3, -0.25) is 0 Å². The lowest BCUT2D eigenvalue weighted by molar-refractivity contribution is 0.0523. The van der Waals surface area contributed by atoms with Crippen LogP contribution in [-0.4, -0.2) is 30.5 Å². The molecule has 102 valence electrons. The number of rotatable bonds is 2. The number of nitrogens with one attached hydrogen (secondary N) is 1. The van der Waals surface area contributed by atoms with Crippen molar-refractivity contribution in [3.63, 3.8) is 0 Å². The zero-order valence-corrected chi connectivity index (χ0v) is 11.3. The van der Waals surface area contributed by atoms with Crippen LogP contribution in [0.15, 0.2) is 24.3 Å². The minimum Gasteiger partial charge on any atom is -0.444 e. The van der Waals surface area contributed by atoms with Crippen molar-refractivity contribution in [3.8, 4) is 0 Å². The molecule has 0 aliphatic carbocycles. The second-order valence-electron chi connectivity index (χ2n) is 4.84. The fraction of sp³-hybridized carbons (Fsp3) is 0.417. The summed E-state index contributed by atoms with van der Waals surface area (Å²) in [7, 11) is 2.03. The molecule has 0 saturated carbocycles. The van der Waals surface area contributed by atoms with Crippen molar-refractivity contribution in [3.05, 3.63) is 29.8 Å². The predicted octanol–water partition coefficient (Wildman–Crippen LogP) is -0.680. The van der Waals surface area contributed by atoms with E-state index in [1.165, 1.54) is 5.46 Å². The summed E-state index contributed by atoms with van der Waals surface area (Å²) in [6, 6.07) is 8.03. The maximum Gasteiger partial charge on any atom is 0.407 e. The summed E-state index contributed by atoms with van der Waals surface area (Å²) >= 11 is 0. The third kappa shape index (κ3) is 7.70. The van der Waals surface area contributed by atoms with Gasteiger partial charge in [-0.05, 0) is 26.3 Å². The van der Waals surface area contributed by atoms with E-state index in [9.17, 15) is 4.79 Å². The third-order valence-electron chi connectivity index (χ3n) is 1.96. The summed E-state index contributed by atoms with van der Waals surface area (Å²) in [4.78, 5) is 11.4. The van der Waals surface area contributed by atoms with Gasteiger partial charge in [0.15, 0.2) is 0 Å². The fourth-order valence-electron chi connectivity index (χ4n) is 1.19. The van der Waals surface area contributed by atoms with Crippen LogP contribution in [0.4, 0.5) is 4.79 Å². The highest BCUT2D eigenvalue weighted by molar-refractivity contribution is 6.32. The summed E-state index contributed by atoms with van der Waals surface area (Å²) in [5.41, 5.74) is 1.83. The molecule has 0 bridgehead atoms. The highest BCUT2D eigenvalue weighted by Gasteiger charge is 2.15. The number of hydrogen-bond acceptors (Lipinski definition) is 2. The standard InChI is InChI=1S/C12H18BNO2.2H2O/c1-12(2,3)16-11(15)14-8-9-4-6-10(13)7-5-9;;/h4-7H,8,13H2,1-3H3,(H,14,15);2*1H2. The van der Waals surface area contributed by atoms with Gasteiger partial charge in [-0.1, -0.05) is 29.7 Å². The molecule has 0 fully saturated rings. The molecule has 0 aromatic heterocycles. The molecule has 1 aromatic rings. The number of hydrogen-bond donors (Lipinski definition) is 1. The Morgan fingerprint density at radius 2 is 1.72 bits per heavy atom. The van der Waals surface area contributed by atoms with Crippen LogP contribution in [0.3, 0.4) is 0 Å². The molecule has 0 radical (unpaired) electrons. The zero-order chi connectivity index (χ0) is 12.2. The molecule has 1 rings (SSSR count). The monoisotopic (exact) mass is 255 g/mol. The summed E-state index contributed by atoms with van der Waals surface area (Å²) in [5, 5.41) is 2.71. The number of ether oxygens (including phenoxy) is 1. The van der Waals surface area contributed by atoms with Crippen LogP contribution in [0.1, 0.15) is 26.3 Å². The molecule has 0 heterocycles. The molecule has 1 aromatic carbocycles. The molecule has 0 unspecified atom stereocenters. The summed E-state index contributed by atoms with van der Waals surface area (Å²) in [5.74, 6) is 0. The van der Waals surface area contributed by atoms with Crippen LogP contribution in [0.2, 0.25) is 0 Å². The second kappa shape index (κ2) is 7.73. The Morgan fingerprint density at radius 3 is 2.17 bits per heavy atom. The minimum atomic E-state index is -0.447. The first-order valence-electron chi connectivity index (χ1n) is 5.39. The van der Waals surface area contributed by atoms with E-state index in [0.29, 0.717) is 6.54 Å². The third-order valence-corrected chi connectivity index (χ3v) is 1.96. The van der Waals surface area contributed by atoms with Gasteiger partial charge in [-0.2, -0.15) is 0 Å². The van der Waals surface area contributed by atoms with E-state index >= 15 is 0 Å². The Balaban J connectivity index is 0. The molecule has 0 saturated heterocycles. The Kier molecular flexibility index (Phi) is 8.09. The highest BCUT2D eigenvalue weighted by atomic mass is 16.6. The normalized spacial score (nSPS) is 9.72. The molecular weight excluding hydrogens is 233 g/mol. The minimum absolute atomic E-state index is 0. The van der Waals surface area contributed by atoms with Gasteiger partial charge >= 0.3 is 6.09 Å². The molecule has 0 aliphatic rings. The van der Waals surface area contributed by atoms with Gasteiger partial charge in [0.1, 0.15) is 13.4 Å². The van der Waals surface area contributed by atoms with Crippen LogP contribution in [-0.2, 0) is 11.3 Å². The van der Waals surface area contributed by atoms with Crippen molar-refractivity contribution >= 4 is 19.4 Å². The molecule has 0 atom stereocenters. The molecule has 5 nitrogen and oxygen atoms in total. The molecule has 0 aliphatic heterocycles. The van der Waals surface area contributed by atoms with Gasteiger partial charge < -0.3 is 21.0 Å². The smallest absolute Gasteiger partial charge is 0.407 e. The first kappa shape index (κ1) is 18.8. The molecule has 6 heteroatoms. The number of carbonyl (C=O) groups excluding carboxylic acids is 1. The first-order valence-corrected chi connectivity index (χ1v) is 5.39. The van der Waals surface area contributed by atoms with E-state index in [1.54, 1.807) is 0 Å². The quantitative estimate of drug-likeness (QED) is 0.708. The summed E-state index contributed by atoms with van der Waals surface area (Å²) in [6.45, 7) is 6.03. The van der Waals surface area contributed by atoms with Gasteiger partial charge in [-0.15, -0.1) is 0 Å². The van der Waals surface area contributed by atoms with Gasteiger partial charge in [0.05, 0.1) is 0 Å². The molecule has 5 N–H and O–H groups in total. The van der Waals surface area contributed by atoms with Crippen molar-refractivity contribution in [1.29, 1.82) is 0 Å². The van der Waals surface area contributed by atoms with Crippen molar-refractivity contribution in [2.75, 3.05) is 0 Å². The van der Waals surface area contributed by atoms with Crippen LogP contribution >= 0.6 is 0 Å². The Labute approximate surface area is 109 Å². The average molecular weight is 255 g/mol. The summed E-state index contributed by atoms with van der Waals surface area (Å²) in [6.07, 6.45) is -0.381. The van der Waals surface area contributed by atoms with E-state index in [4.69, 9.17) is 4.74 Å². The lowest BCUT2D eigenvalue weighted by Crippen LogP contribution is -2.32. The molecule has 0 spiro atoms. The van der Waals surface area contributed by atoms with E-state index in [1.807, 2.05) is 52.9 Å². The fourth-order valence-corrected chi connectivity index (χ4v) is 1.19. The SMILES string of the molecule is Bc1ccc(CNC(=O)OC(C)(C)C)cc1.O.O. The van der Waals surface area contributed by atoms with Gasteiger partial charge in [0.2, 0.25) is 0 Å². The van der Waals surface area contributed by atoms with Gasteiger partial charge in [0, 0.05) is 6.54 Å². The van der Waals surface area contributed by atoms with E-state index in [-0.39, 0.29) is 17.0 Å². The van der Waals surface area contributed by atoms with E-state index in [0.717, 1.165) is 5.56 Å².